The maximum Gasteiger partial charge on any atom is 0.119 e. The molecule has 2 rings (SSSR count). The summed E-state index contributed by atoms with van der Waals surface area (Å²) in [7, 11) is 1.67. The first kappa shape index (κ1) is 14.5. The number of aryl methyl sites for hydroxylation is 2. The molecule has 3 heteroatoms. The molecule has 20 heavy (non-hydrogen) atoms. The number of hydrogen-bond donors (Lipinski definition) is 0. The number of methoxy groups -OCH3 is 1. The summed E-state index contributed by atoms with van der Waals surface area (Å²) in [5, 5.41) is 0. The third-order valence-corrected chi connectivity index (χ3v) is 3.24. The smallest absolute Gasteiger partial charge is 0.119 e. The van der Waals surface area contributed by atoms with Gasteiger partial charge in [0.25, 0.3) is 0 Å². The molecule has 0 amide bonds. The van der Waals surface area contributed by atoms with Crippen molar-refractivity contribution in [3.8, 4) is 17.0 Å². The molecule has 1 aromatic carbocycles. The molecule has 0 atom stereocenters. The number of hydrogen-bond acceptors (Lipinski definition) is 3. The van der Waals surface area contributed by atoms with E-state index in [1.54, 1.807) is 7.11 Å². The zero-order valence-electron chi connectivity index (χ0n) is 12.3. The lowest BCUT2D eigenvalue weighted by Crippen LogP contribution is -2.03. The van der Waals surface area contributed by atoms with E-state index in [4.69, 9.17) is 14.5 Å². The average molecular weight is 271 g/mol. The van der Waals surface area contributed by atoms with Crippen LogP contribution in [0.25, 0.3) is 11.3 Å². The van der Waals surface area contributed by atoms with Gasteiger partial charge in [-0.2, -0.15) is 0 Å². The fourth-order valence-corrected chi connectivity index (χ4v) is 2.05. The first-order chi connectivity index (χ1) is 9.74. The van der Waals surface area contributed by atoms with Crippen molar-refractivity contribution >= 4 is 0 Å². The van der Waals surface area contributed by atoms with Crippen molar-refractivity contribution in [2.24, 2.45) is 0 Å². The topological polar surface area (TPSA) is 31.4 Å². The quantitative estimate of drug-likeness (QED) is 0.752. The summed E-state index contributed by atoms with van der Waals surface area (Å²) in [6.45, 7) is 5.40. The Morgan fingerprint density at radius 2 is 1.75 bits per heavy atom. The Kier molecular flexibility index (Phi) is 5.13. The molecule has 0 saturated carbocycles. The molecular formula is C17H21NO2. The number of benzene rings is 1. The highest BCUT2D eigenvalue weighted by Gasteiger charge is 2.03. The molecule has 0 saturated heterocycles. The minimum absolute atomic E-state index is 0.568. The van der Waals surface area contributed by atoms with Gasteiger partial charge < -0.3 is 9.47 Å². The molecule has 0 aliphatic heterocycles. The number of nitrogens with zero attached hydrogens (tertiary/aromatic N) is 1. The van der Waals surface area contributed by atoms with Gasteiger partial charge in [0.2, 0.25) is 0 Å². The summed E-state index contributed by atoms with van der Waals surface area (Å²) < 4.78 is 10.5. The number of pyridine rings is 1. The zero-order valence-corrected chi connectivity index (χ0v) is 12.3. The van der Waals surface area contributed by atoms with Gasteiger partial charge in [0.05, 0.1) is 12.3 Å². The molecule has 0 aliphatic carbocycles. The van der Waals surface area contributed by atoms with Crippen molar-refractivity contribution in [1.82, 2.24) is 4.98 Å². The van der Waals surface area contributed by atoms with Crippen LogP contribution in [0.5, 0.6) is 5.75 Å². The molecule has 0 fully saturated rings. The minimum Gasteiger partial charge on any atom is -0.491 e. The van der Waals surface area contributed by atoms with Crippen molar-refractivity contribution in [2.45, 2.75) is 20.3 Å². The van der Waals surface area contributed by atoms with Crippen LogP contribution in [-0.4, -0.2) is 25.3 Å². The number of ether oxygens (including phenoxy) is 2. The van der Waals surface area contributed by atoms with Gasteiger partial charge in [-0.15, -0.1) is 0 Å². The van der Waals surface area contributed by atoms with Crippen molar-refractivity contribution < 1.29 is 9.47 Å². The van der Waals surface area contributed by atoms with Crippen LogP contribution in [0.2, 0.25) is 0 Å². The third kappa shape index (κ3) is 3.58. The average Bonchev–Trinajstić information content (AvgIpc) is 2.49. The van der Waals surface area contributed by atoms with E-state index in [2.05, 4.69) is 26.0 Å². The lowest BCUT2D eigenvalue weighted by atomic mass is 10.1. The van der Waals surface area contributed by atoms with Crippen molar-refractivity contribution in [2.75, 3.05) is 20.3 Å². The van der Waals surface area contributed by atoms with Gasteiger partial charge in [-0.05, 0) is 49.2 Å². The SMILES string of the molecule is CCc1nc(-c2ccc(OCCOC)cc2)ccc1C. The van der Waals surface area contributed by atoms with Gasteiger partial charge >= 0.3 is 0 Å². The molecule has 0 bridgehead atoms. The van der Waals surface area contributed by atoms with E-state index >= 15 is 0 Å². The molecule has 0 spiro atoms. The highest BCUT2D eigenvalue weighted by atomic mass is 16.5. The second-order valence-electron chi connectivity index (χ2n) is 4.68. The summed E-state index contributed by atoms with van der Waals surface area (Å²) in [5.41, 5.74) is 4.52. The summed E-state index contributed by atoms with van der Waals surface area (Å²) in [4.78, 5) is 4.71. The minimum atomic E-state index is 0.568. The van der Waals surface area contributed by atoms with E-state index in [0.29, 0.717) is 13.2 Å². The van der Waals surface area contributed by atoms with E-state index < -0.39 is 0 Å². The molecule has 2 aromatic rings. The Hall–Kier alpha value is -1.87. The normalized spacial score (nSPS) is 10.6. The van der Waals surface area contributed by atoms with Crippen LogP contribution >= 0.6 is 0 Å². The Morgan fingerprint density at radius 3 is 2.40 bits per heavy atom. The Labute approximate surface area is 120 Å². The van der Waals surface area contributed by atoms with E-state index in [1.807, 2.05) is 24.3 Å². The van der Waals surface area contributed by atoms with Crippen LogP contribution in [0.1, 0.15) is 18.2 Å². The van der Waals surface area contributed by atoms with Crippen molar-refractivity contribution in [1.29, 1.82) is 0 Å². The Morgan fingerprint density at radius 1 is 1.00 bits per heavy atom. The largest absolute Gasteiger partial charge is 0.491 e. The first-order valence-electron chi connectivity index (χ1n) is 6.93. The van der Waals surface area contributed by atoms with Gasteiger partial charge in [0.1, 0.15) is 12.4 Å². The predicted octanol–water partition coefficient (Wildman–Crippen LogP) is 3.64. The van der Waals surface area contributed by atoms with Crippen LogP contribution in [0.15, 0.2) is 36.4 Å². The van der Waals surface area contributed by atoms with Crippen molar-refractivity contribution in [3.63, 3.8) is 0 Å². The molecule has 3 nitrogen and oxygen atoms in total. The second-order valence-corrected chi connectivity index (χ2v) is 4.68. The molecule has 0 aliphatic rings. The first-order valence-corrected chi connectivity index (χ1v) is 6.93. The molecule has 0 radical (unpaired) electrons. The summed E-state index contributed by atoms with van der Waals surface area (Å²) >= 11 is 0. The highest BCUT2D eigenvalue weighted by Crippen LogP contribution is 2.22. The van der Waals surface area contributed by atoms with E-state index in [0.717, 1.165) is 29.1 Å². The summed E-state index contributed by atoms with van der Waals surface area (Å²) in [6.07, 6.45) is 0.956. The van der Waals surface area contributed by atoms with Gasteiger partial charge in [0.15, 0.2) is 0 Å². The summed E-state index contributed by atoms with van der Waals surface area (Å²) in [6, 6.07) is 12.2. The van der Waals surface area contributed by atoms with Crippen LogP contribution in [0, 0.1) is 6.92 Å². The molecule has 1 heterocycles. The monoisotopic (exact) mass is 271 g/mol. The van der Waals surface area contributed by atoms with Crippen LogP contribution in [-0.2, 0) is 11.2 Å². The zero-order chi connectivity index (χ0) is 14.4. The Balaban J connectivity index is 2.13. The van der Waals surface area contributed by atoms with E-state index in [1.165, 1.54) is 5.56 Å². The van der Waals surface area contributed by atoms with E-state index in [-0.39, 0.29) is 0 Å². The number of rotatable bonds is 6. The molecule has 1 aromatic heterocycles. The summed E-state index contributed by atoms with van der Waals surface area (Å²) in [5.74, 6) is 0.855. The Bertz CT molecular complexity index is 549. The second kappa shape index (κ2) is 7.06. The maximum absolute atomic E-state index is 5.56. The van der Waals surface area contributed by atoms with Crippen LogP contribution < -0.4 is 4.74 Å². The lowest BCUT2D eigenvalue weighted by molar-refractivity contribution is 0.146. The molecule has 0 unspecified atom stereocenters. The fourth-order valence-electron chi connectivity index (χ4n) is 2.05. The van der Waals surface area contributed by atoms with Gasteiger partial charge in [0, 0.05) is 18.4 Å². The highest BCUT2D eigenvalue weighted by molar-refractivity contribution is 5.60. The molecule has 0 N–H and O–H groups in total. The van der Waals surface area contributed by atoms with Gasteiger partial charge in [-0.25, -0.2) is 0 Å². The number of aromatic nitrogens is 1. The fraction of sp³-hybridized carbons (Fsp3) is 0.353. The molecule has 106 valence electrons. The lowest BCUT2D eigenvalue weighted by Gasteiger charge is -2.08. The van der Waals surface area contributed by atoms with E-state index in [9.17, 15) is 0 Å². The molecular weight excluding hydrogens is 250 g/mol. The van der Waals surface area contributed by atoms with Crippen LogP contribution in [0.3, 0.4) is 0 Å². The van der Waals surface area contributed by atoms with Gasteiger partial charge in [-0.1, -0.05) is 13.0 Å². The van der Waals surface area contributed by atoms with Crippen molar-refractivity contribution in [3.05, 3.63) is 47.7 Å². The standard InChI is InChI=1S/C17H21NO2/c1-4-16-13(2)5-10-17(18-16)14-6-8-15(9-7-14)20-12-11-19-3/h5-10H,4,11-12H2,1-3H3. The van der Waals surface area contributed by atoms with Gasteiger partial charge in [-0.3, -0.25) is 4.98 Å². The maximum atomic E-state index is 5.56. The van der Waals surface area contributed by atoms with Crippen LogP contribution in [0.4, 0.5) is 0 Å². The predicted molar refractivity (Wildman–Crippen MR) is 81.2 cm³/mol. The third-order valence-electron chi connectivity index (χ3n) is 3.24.